The van der Waals surface area contributed by atoms with Crippen LogP contribution in [0.1, 0.15) is 18.9 Å². The highest BCUT2D eigenvalue weighted by molar-refractivity contribution is 7.16. The van der Waals surface area contributed by atoms with Gasteiger partial charge in [0.15, 0.2) is 0 Å². The van der Waals surface area contributed by atoms with Crippen molar-refractivity contribution in [3.8, 4) is 0 Å². The van der Waals surface area contributed by atoms with E-state index in [9.17, 15) is 4.79 Å². The maximum atomic E-state index is 12.0. The molecule has 0 spiro atoms. The van der Waals surface area contributed by atoms with Crippen LogP contribution in [-0.2, 0) is 4.79 Å². The maximum absolute atomic E-state index is 12.0. The summed E-state index contributed by atoms with van der Waals surface area (Å²) in [7, 11) is 0. The van der Waals surface area contributed by atoms with Gasteiger partial charge in [-0.3, -0.25) is 10.1 Å². The summed E-state index contributed by atoms with van der Waals surface area (Å²) >= 11 is 1.56. The van der Waals surface area contributed by atoms with Crippen LogP contribution in [-0.4, -0.2) is 34.6 Å². The molecule has 0 radical (unpaired) electrons. The molecule has 0 aliphatic carbocycles. The second-order valence-corrected chi connectivity index (χ2v) is 5.83. The van der Waals surface area contributed by atoms with Crippen LogP contribution >= 0.6 is 11.3 Å². The van der Waals surface area contributed by atoms with Crippen LogP contribution in [0.3, 0.4) is 0 Å². The highest BCUT2D eigenvalue weighted by atomic mass is 32.1. The van der Waals surface area contributed by atoms with E-state index in [2.05, 4.69) is 20.6 Å². The molecule has 114 valence electrons. The van der Waals surface area contributed by atoms with Crippen LogP contribution in [0, 0.1) is 0 Å². The van der Waals surface area contributed by atoms with E-state index in [4.69, 9.17) is 5.11 Å². The van der Waals surface area contributed by atoms with Crippen molar-refractivity contribution in [3.05, 3.63) is 35.0 Å². The van der Waals surface area contributed by atoms with Crippen LogP contribution in [0.2, 0.25) is 0 Å². The Kier molecular flexibility index (Phi) is 4.17. The second kappa shape index (κ2) is 6.25. The van der Waals surface area contributed by atoms with E-state index in [1.54, 1.807) is 22.9 Å². The fraction of sp³-hybridized carbons (Fsp3) is 0.267. The molecule has 3 rings (SSSR count). The minimum atomic E-state index is -0.226. The fourth-order valence-corrected chi connectivity index (χ4v) is 2.85. The molecule has 6 nitrogen and oxygen atoms in total. The van der Waals surface area contributed by atoms with Gasteiger partial charge in [-0.05, 0) is 30.2 Å². The monoisotopic (exact) mass is 316 g/mol. The fourth-order valence-electron chi connectivity index (χ4n) is 2.13. The average Bonchev–Trinajstić information content (AvgIpc) is 3.11. The highest BCUT2D eigenvalue weighted by Gasteiger charge is 2.22. The molecule has 2 aromatic rings. The van der Waals surface area contributed by atoms with Gasteiger partial charge in [0.2, 0.25) is 5.96 Å². The van der Waals surface area contributed by atoms with Gasteiger partial charge in [0.1, 0.15) is 5.70 Å². The zero-order chi connectivity index (χ0) is 15.5. The predicted octanol–water partition coefficient (Wildman–Crippen LogP) is 1.48. The number of aliphatic hydroxyl groups is 1. The van der Waals surface area contributed by atoms with E-state index in [1.807, 2.05) is 25.1 Å². The third-order valence-electron chi connectivity index (χ3n) is 3.39. The number of amides is 1. The van der Waals surface area contributed by atoms with Crippen LogP contribution < -0.4 is 10.6 Å². The lowest BCUT2D eigenvalue weighted by atomic mass is 10.2. The smallest absolute Gasteiger partial charge is 0.274 e. The molecule has 0 saturated carbocycles. The largest absolute Gasteiger partial charge is 0.394 e. The van der Waals surface area contributed by atoms with Gasteiger partial charge in [0.05, 0.1) is 28.4 Å². The summed E-state index contributed by atoms with van der Waals surface area (Å²) in [6.45, 7) is 1.89. The molecule has 0 bridgehead atoms. The molecule has 2 heterocycles. The van der Waals surface area contributed by atoms with Crippen LogP contribution in [0.4, 0.5) is 0 Å². The number of carbonyl (C=O) groups is 1. The Morgan fingerprint density at radius 1 is 1.45 bits per heavy atom. The molecular weight excluding hydrogens is 300 g/mol. The normalized spacial score (nSPS) is 19.6. The van der Waals surface area contributed by atoms with Crippen LogP contribution in [0.15, 0.2) is 34.4 Å². The summed E-state index contributed by atoms with van der Waals surface area (Å²) in [6.07, 6.45) is 2.48. The number of guanidine groups is 1. The van der Waals surface area contributed by atoms with Crippen molar-refractivity contribution in [2.24, 2.45) is 4.99 Å². The molecule has 1 aromatic carbocycles. The summed E-state index contributed by atoms with van der Waals surface area (Å²) in [6, 6.07) is 5.63. The molecule has 7 heteroatoms. The van der Waals surface area contributed by atoms with Gasteiger partial charge >= 0.3 is 0 Å². The topological polar surface area (TPSA) is 86.6 Å². The maximum Gasteiger partial charge on any atom is 0.274 e. The van der Waals surface area contributed by atoms with Crippen molar-refractivity contribution in [2.45, 2.75) is 19.4 Å². The number of hydrogen-bond donors (Lipinski definition) is 3. The second-order valence-electron chi connectivity index (χ2n) is 4.94. The number of hydrogen-bond acceptors (Lipinski definition) is 5. The molecule has 3 N–H and O–H groups in total. The molecule has 1 aromatic heterocycles. The van der Waals surface area contributed by atoms with Gasteiger partial charge in [0.25, 0.3) is 5.91 Å². The number of nitrogens with one attached hydrogen (secondary N) is 2. The lowest BCUT2D eigenvalue weighted by molar-refractivity contribution is -0.115. The van der Waals surface area contributed by atoms with E-state index < -0.39 is 0 Å². The van der Waals surface area contributed by atoms with Crippen LogP contribution in [0.25, 0.3) is 16.3 Å². The summed E-state index contributed by atoms with van der Waals surface area (Å²) < 4.78 is 1.08. The average molecular weight is 316 g/mol. The van der Waals surface area contributed by atoms with Crippen molar-refractivity contribution in [1.82, 2.24) is 15.6 Å². The van der Waals surface area contributed by atoms with Gasteiger partial charge in [0, 0.05) is 0 Å². The van der Waals surface area contributed by atoms with E-state index in [0.29, 0.717) is 18.1 Å². The van der Waals surface area contributed by atoms with E-state index >= 15 is 0 Å². The first-order chi connectivity index (χ1) is 10.7. The number of carbonyl (C=O) groups excluding carboxylic acids is 1. The summed E-state index contributed by atoms with van der Waals surface area (Å²) in [5.41, 5.74) is 4.11. The van der Waals surface area contributed by atoms with Gasteiger partial charge in [-0.15, -0.1) is 11.3 Å². The third kappa shape index (κ3) is 3.00. The molecule has 1 aliphatic rings. The van der Waals surface area contributed by atoms with Gasteiger partial charge < -0.3 is 10.4 Å². The van der Waals surface area contributed by atoms with E-state index in [0.717, 1.165) is 15.8 Å². The van der Waals surface area contributed by atoms with Crippen molar-refractivity contribution < 1.29 is 9.90 Å². The number of benzene rings is 1. The first-order valence-electron chi connectivity index (χ1n) is 7.01. The standard InChI is InChI=1S/C15H16N4O2S/c1-2-10(7-20)17-15-18-12(14(21)19-15)5-9-3-4-11-13(6-9)22-8-16-11/h3-6,8,10,20H,2,7H2,1H3,(H2,17,18,19,21)/b12-5-. The van der Waals surface area contributed by atoms with Crippen LogP contribution in [0.5, 0.6) is 0 Å². The molecular formula is C15H16N4O2S. The predicted molar refractivity (Wildman–Crippen MR) is 87.5 cm³/mol. The van der Waals surface area contributed by atoms with E-state index in [1.165, 1.54) is 0 Å². The Hall–Kier alpha value is -2.25. The number of aliphatic hydroxyl groups excluding tert-OH is 1. The molecule has 1 atom stereocenters. The summed E-state index contributed by atoms with van der Waals surface area (Å²) in [5, 5.41) is 14.8. The molecule has 1 amide bonds. The first-order valence-corrected chi connectivity index (χ1v) is 7.89. The summed E-state index contributed by atoms with van der Waals surface area (Å²) in [4.78, 5) is 20.5. The van der Waals surface area contributed by atoms with Gasteiger partial charge in [-0.1, -0.05) is 13.0 Å². The Morgan fingerprint density at radius 2 is 2.32 bits per heavy atom. The Morgan fingerprint density at radius 3 is 3.09 bits per heavy atom. The Labute approximate surface area is 131 Å². The van der Waals surface area contributed by atoms with Crippen molar-refractivity contribution in [3.63, 3.8) is 0 Å². The van der Waals surface area contributed by atoms with Gasteiger partial charge in [-0.2, -0.15) is 0 Å². The number of aromatic nitrogens is 1. The third-order valence-corrected chi connectivity index (χ3v) is 4.18. The molecule has 22 heavy (non-hydrogen) atoms. The number of aliphatic imine (C=N–C) groups is 1. The number of thiazole rings is 1. The number of rotatable bonds is 4. The quantitative estimate of drug-likeness (QED) is 0.746. The lowest BCUT2D eigenvalue weighted by Gasteiger charge is -2.06. The zero-order valence-electron chi connectivity index (χ0n) is 12.0. The highest BCUT2D eigenvalue weighted by Crippen LogP contribution is 2.20. The minimum absolute atomic E-state index is 0.0430. The SMILES string of the molecule is CCC(CO)N=C1NC(=O)/C(=C/c2ccc3ncsc3c2)N1. The number of nitrogens with zero attached hydrogens (tertiary/aromatic N) is 2. The Balaban J connectivity index is 1.83. The van der Waals surface area contributed by atoms with Gasteiger partial charge in [-0.25, -0.2) is 9.98 Å². The molecule has 1 unspecified atom stereocenters. The minimum Gasteiger partial charge on any atom is -0.394 e. The molecule has 1 fully saturated rings. The molecule has 1 saturated heterocycles. The van der Waals surface area contributed by atoms with E-state index in [-0.39, 0.29) is 18.6 Å². The first kappa shape index (κ1) is 14.7. The Bertz CT molecular complexity index is 762. The van der Waals surface area contributed by atoms with Crippen molar-refractivity contribution in [1.29, 1.82) is 0 Å². The van der Waals surface area contributed by atoms with Crippen molar-refractivity contribution >= 4 is 39.5 Å². The summed E-state index contributed by atoms with van der Waals surface area (Å²) in [5.74, 6) is 0.159. The van der Waals surface area contributed by atoms with Crippen molar-refractivity contribution in [2.75, 3.05) is 6.61 Å². The lowest BCUT2D eigenvalue weighted by Crippen LogP contribution is -2.28. The zero-order valence-corrected chi connectivity index (χ0v) is 12.9. The number of fused-ring (bicyclic) bond motifs is 1. The molecule has 1 aliphatic heterocycles.